The van der Waals surface area contributed by atoms with E-state index < -0.39 is 18.2 Å². The predicted molar refractivity (Wildman–Crippen MR) is 232 cm³/mol. The van der Waals surface area contributed by atoms with E-state index in [1.54, 1.807) is 4.90 Å². The molecule has 15 heteroatoms. The van der Waals surface area contributed by atoms with Crippen molar-refractivity contribution < 1.29 is 28.7 Å². The smallest absolute Gasteiger partial charge is 0.407 e. The van der Waals surface area contributed by atoms with Crippen molar-refractivity contribution in [3.63, 3.8) is 0 Å². The molecule has 6 atom stereocenters. The molecule has 2 aromatic heterocycles. The maximum absolute atomic E-state index is 13.8. The Balaban J connectivity index is 0.00000182. The summed E-state index contributed by atoms with van der Waals surface area (Å²) in [5.41, 5.74) is 8.89. The highest BCUT2D eigenvalue weighted by atomic mass is 16.5. The number of carbonyl (C=O) groups excluding carboxylic acids is 4. The first-order valence-electron chi connectivity index (χ1n) is 21.9. The first-order valence-corrected chi connectivity index (χ1v) is 21.9. The number of piperidine rings is 1. The van der Waals surface area contributed by atoms with Gasteiger partial charge in [-0.15, -0.1) is 0 Å². The number of aromatic nitrogens is 4. The zero-order chi connectivity index (χ0) is 43.4. The molecular formula is C46H61N9O6. The third kappa shape index (κ3) is 9.02. The number of H-pyrrole nitrogens is 2. The van der Waals surface area contributed by atoms with Crippen LogP contribution in [0.15, 0.2) is 48.8 Å². The molecule has 3 saturated heterocycles. The van der Waals surface area contributed by atoms with Gasteiger partial charge in [0.25, 0.3) is 0 Å². The summed E-state index contributed by atoms with van der Waals surface area (Å²) < 4.78 is 9.42. The van der Waals surface area contributed by atoms with E-state index >= 15 is 0 Å². The monoisotopic (exact) mass is 835 g/mol. The van der Waals surface area contributed by atoms with Crippen molar-refractivity contribution in [1.82, 2.24) is 45.7 Å². The Labute approximate surface area is 358 Å². The lowest BCUT2D eigenvalue weighted by Crippen LogP contribution is -2.51. The summed E-state index contributed by atoms with van der Waals surface area (Å²) in [5.74, 6) is 1.64. The molecule has 2 aromatic carbocycles. The third-order valence-corrected chi connectivity index (χ3v) is 12.4. The minimum atomic E-state index is -0.694. The molecule has 0 aliphatic carbocycles. The van der Waals surface area contributed by atoms with E-state index in [1.807, 2.05) is 31.1 Å². The molecule has 4 amide bonds. The van der Waals surface area contributed by atoms with Crippen LogP contribution in [0.3, 0.4) is 0 Å². The van der Waals surface area contributed by atoms with Gasteiger partial charge in [-0.05, 0) is 78.2 Å². The molecule has 0 spiro atoms. The van der Waals surface area contributed by atoms with Gasteiger partial charge < -0.3 is 45.2 Å². The molecule has 5 N–H and O–H groups in total. The van der Waals surface area contributed by atoms with Gasteiger partial charge >= 0.3 is 12.2 Å². The number of amides is 4. The van der Waals surface area contributed by atoms with Crippen molar-refractivity contribution in [3.8, 4) is 33.6 Å². The summed E-state index contributed by atoms with van der Waals surface area (Å²) in [4.78, 5) is 70.6. The van der Waals surface area contributed by atoms with Crippen molar-refractivity contribution in [2.75, 3.05) is 33.9 Å². The van der Waals surface area contributed by atoms with Crippen LogP contribution in [0.25, 0.3) is 33.6 Å². The number of nitrogens with one attached hydrogen (secondary N) is 5. The van der Waals surface area contributed by atoms with Gasteiger partial charge in [0, 0.05) is 30.7 Å². The minimum Gasteiger partial charge on any atom is -0.453 e. The number of methoxy groups -OCH3 is 2. The van der Waals surface area contributed by atoms with Crippen LogP contribution in [0, 0.1) is 11.8 Å². The first-order chi connectivity index (χ1) is 29.5. The summed E-state index contributed by atoms with van der Waals surface area (Å²) in [6, 6.07) is 12.3. The first kappa shape index (κ1) is 43.4. The highest BCUT2D eigenvalue weighted by Crippen LogP contribution is 2.52. The topological polar surface area (TPSA) is 187 Å². The Kier molecular flexibility index (Phi) is 13.5. The number of alkyl carbamates (subject to hydrolysis) is 2. The van der Waals surface area contributed by atoms with Crippen LogP contribution in [-0.4, -0.2) is 93.6 Å². The second kappa shape index (κ2) is 18.9. The molecule has 6 heterocycles. The van der Waals surface area contributed by atoms with Crippen LogP contribution in [0.2, 0.25) is 0 Å². The van der Waals surface area contributed by atoms with E-state index in [2.05, 4.69) is 92.8 Å². The second-order valence-electron chi connectivity index (χ2n) is 17.1. The van der Waals surface area contributed by atoms with E-state index in [0.717, 1.165) is 78.3 Å². The number of imidazole rings is 2. The van der Waals surface area contributed by atoms with Gasteiger partial charge in [-0.2, -0.15) is 0 Å². The van der Waals surface area contributed by atoms with Gasteiger partial charge in [-0.1, -0.05) is 77.4 Å². The van der Waals surface area contributed by atoms with E-state index in [9.17, 15) is 19.2 Å². The number of ether oxygens (including phenoxy) is 2. The van der Waals surface area contributed by atoms with Gasteiger partial charge in [-0.25, -0.2) is 19.6 Å². The fourth-order valence-corrected chi connectivity index (χ4v) is 9.54. The van der Waals surface area contributed by atoms with E-state index in [1.165, 1.54) is 37.3 Å². The maximum Gasteiger partial charge on any atom is 0.407 e. The van der Waals surface area contributed by atoms with Crippen molar-refractivity contribution >= 4 is 24.0 Å². The molecule has 8 rings (SSSR count). The highest BCUT2D eigenvalue weighted by Gasteiger charge is 2.41. The quantitative estimate of drug-likeness (QED) is 0.107. The average Bonchev–Trinajstić information content (AvgIpc) is 4.12. The zero-order valence-corrected chi connectivity index (χ0v) is 36.5. The van der Waals surface area contributed by atoms with Crippen molar-refractivity contribution in [2.45, 2.75) is 110 Å². The van der Waals surface area contributed by atoms with Gasteiger partial charge in [0.2, 0.25) is 11.8 Å². The van der Waals surface area contributed by atoms with Crippen molar-refractivity contribution in [1.29, 1.82) is 0 Å². The molecular weight excluding hydrogens is 775 g/mol. The van der Waals surface area contributed by atoms with Gasteiger partial charge in [-0.3, -0.25) is 9.59 Å². The van der Waals surface area contributed by atoms with Crippen molar-refractivity contribution in [2.24, 2.45) is 11.8 Å². The number of hydrogen-bond acceptors (Lipinski definition) is 9. The van der Waals surface area contributed by atoms with Crippen LogP contribution in [0.5, 0.6) is 0 Å². The van der Waals surface area contributed by atoms with E-state index in [-0.39, 0.29) is 48.4 Å². The lowest BCUT2D eigenvalue weighted by molar-refractivity contribution is -0.135. The second-order valence-corrected chi connectivity index (χ2v) is 17.1. The molecule has 5 unspecified atom stereocenters. The summed E-state index contributed by atoms with van der Waals surface area (Å²) >= 11 is 0. The van der Waals surface area contributed by atoms with Gasteiger partial charge in [0.1, 0.15) is 24.2 Å². The number of hydrogen-bond donors (Lipinski definition) is 5. The standard InChI is InChI=1S/C43H53N9O6.C3H8/c1-23(2)38(50-43(56)58-5)41(54)52-17-7-9-34(52)40-45-21-32(49-40)28-15-14-27(36-29-18-24(3)19-30(47-29)37(28)36)25-10-12-26(13-11-25)31-20-44-39(48-31)33-8-6-16-51(33)35(53)22-46-42(55)57-4;1-3-2/h10-15,20-21,23-24,29-30,33-34,38,47H,6-9,16-19,22H2,1-5H3,(H,44,48)(H,45,49)(H,46,55)(H,50,56);3H2,1-2H3/t24?,29?,30?,33-,34?,38?;/m0./s1. The van der Waals surface area contributed by atoms with Crippen molar-refractivity contribution in [3.05, 3.63) is 71.6 Å². The normalized spacial score (nSPS) is 22.0. The maximum atomic E-state index is 13.8. The lowest BCUT2D eigenvalue weighted by atomic mass is 9.88. The number of nitrogens with zero attached hydrogens (tertiary/aromatic N) is 4. The summed E-state index contributed by atoms with van der Waals surface area (Å²) in [6.45, 7) is 11.5. The number of fused-ring (bicyclic) bond motifs is 5. The van der Waals surface area contributed by atoms with Gasteiger partial charge in [0.15, 0.2) is 0 Å². The summed E-state index contributed by atoms with van der Waals surface area (Å²) in [7, 11) is 2.57. The molecule has 4 aliphatic rings. The van der Waals surface area contributed by atoms with Crippen LogP contribution in [-0.2, 0) is 19.1 Å². The number of carbonyl (C=O) groups is 4. The molecule has 4 aliphatic heterocycles. The molecule has 0 saturated carbocycles. The largest absolute Gasteiger partial charge is 0.453 e. The summed E-state index contributed by atoms with van der Waals surface area (Å²) in [5, 5.41) is 9.15. The fourth-order valence-electron chi connectivity index (χ4n) is 9.54. The number of benzene rings is 2. The molecule has 4 aromatic rings. The Hall–Kier alpha value is -5.70. The highest BCUT2D eigenvalue weighted by molar-refractivity contribution is 5.87. The van der Waals surface area contributed by atoms with Gasteiger partial charge in [0.05, 0.1) is 50.1 Å². The van der Waals surface area contributed by atoms with Crippen LogP contribution < -0.4 is 16.0 Å². The SMILES string of the molecule is CCC.COC(=O)NCC(=O)N1CCC[C@H]1c1ncc(-c2ccc(-c3ccc(-c4cnc(C5CCCN5C(=O)C(NC(=O)OC)C(C)C)[nH]4)c4c3C3CC(C)CC4N3)cc2)[nH]1. The number of likely N-dealkylation sites (tertiary alicyclic amines) is 2. The number of aromatic amines is 2. The van der Waals surface area contributed by atoms with Crippen LogP contribution in [0.4, 0.5) is 9.59 Å². The predicted octanol–water partition coefficient (Wildman–Crippen LogP) is 7.73. The zero-order valence-electron chi connectivity index (χ0n) is 36.5. The lowest BCUT2D eigenvalue weighted by Gasteiger charge is -2.30. The Bertz CT molecular complexity index is 2200. The minimum absolute atomic E-state index is 0.110. The Morgan fingerprint density at radius 2 is 1.31 bits per heavy atom. The molecule has 15 nitrogen and oxygen atoms in total. The Morgan fingerprint density at radius 1 is 0.770 bits per heavy atom. The summed E-state index contributed by atoms with van der Waals surface area (Å²) in [6.07, 6.45) is 9.10. The molecule has 61 heavy (non-hydrogen) atoms. The molecule has 0 radical (unpaired) electrons. The fraction of sp³-hybridized carbons (Fsp3) is 0.522. The third-order valence-electron chi connectivity index (χ3n) is 12.4. The Morgan fingerprint density at radius 3 is 1.93 bits per heavy atom. The molecule has 2 bridgehead atoms. The van der Waals surface area contributed by atoms with Crippen LogP contribution in [0.1, 0.15) is 127 Å². The van der Waals surface area contributed by atoms with E-state index in [0.29, 0.717) is 19.0 Å². The molecule has 326 valence electrons. The average molecular weight is 836 g/mol. The molecule has 3 fully saturated rings. The number of rotatable bonds is 10. The van der Waals surface area contributed by atoms with E-state index in [4.69, 9.17) is 9.72 Å². The van der Waals surface area contributed by atoms with Crippen LogP contribution >= 0.6 is 0 Å².